The number of halogens is 2. The van der Waals surface area contributed by atoms with Gasteiger partial charge in [0.25, 0.3) is 0 Å². The van der Waals surface area contributed by atoms with E-state index in [1.54, 1.807) is 6.20 Å². The molecule has 0 radical (unpaired) electrons. The Hall–Kier alpha value is -1.81. The van der Waals surface area contributed by atoms with Crippen LogP contribution in [0.2, 0.25) is 0 Å². The van der Waals surface area contributed by atoms with E-state index in [4.69, 9.17) is 11.0 Å². The van der Waals surface area contributed by atoms with Gasteiger partial charge in [-0.25, -0.2) is 14.9 Å². The van der Waals surface area contributed by atoms with Crippen LogP contribution in [0.5, 0.6) is 0 Å². The largest absolute Gasteiger partial charge is 0.332 e. The van der Waals surface area contributed by atoms with Crippen molar-refractivity contribution in [1.29, 1.82) is 0 Å². The second kappa shape index (κ2) is 11.7. The molecule has 9 heteroatoms. The fraction of sp³-hybridized carbons (Fsp3) is 0.375. The van der Waals surface area contributed by atoms with Crippen LogP contribution in [0, 0.1) is 11.7 Å². The number of hydrogen-bond donors (Lipinski definition) is 5. The summed E-state index contributed by atoms with van der Waals surface area (Å²) in [6, 6.07) is 4.13. The van der Waals surface area contributed by atoms with Crippen molar-refractivity contribution in [2.75, 3.05) is 13.1 Å². The maximum Gasteiger partial charge on any atom is 0.203 e. The van der Waals surface area contributed by atoms with Gasteiger partial charge in [-0.05, 0) is 67.0 Å². The van der Waals surface area contributed by atoms with Crippen molar-refractivity contribution in [3.63, 3.8) is 0 Å². The van der Waals surface area contributed by atoms with Gasteiger partial charge in [0, 0.05) is 12.1 Å². The van der Waals surface area contributed by atoms with E-state index < -0.39 is 5.82 Å². The molecule has 1 aliphatic rings. The number of nitrogens with zero attached hydrogens (tertiary/aromatic N) is 1. The third-order valence-corrected chi connectivity index (χ3v) is 4.06. The van der Waals surface area contributed by atoms with Crippen LogP contribution >= 0.6 is 15.9 Å². The van der Waals surface area contributed by atoms with Gasteiger partial charge in [-0.15, -0.1) is 0 Å². The third kappa shape index (κ3) is 7.30. The number of aliphatic imine (C=N–C) groups is 1. The number of nitrogens with one attached hydrogen (secondary N) is 3. The molecule has 0 amide bonds. The van der Waals surface area contributed by atoms with Crippen LogP contribution in [-0.4, -0.2) is 29.9 Å². The lowest BCUT2D eigenvalue weighted by Gasteiger charge is -2.21. The fourth-order valence-corrected chi connectivity index (χ4v) is 2.56. The van der Waals surface area contributed by atoms with Gasteiger partial charge in [0.1, 0.15) is 5.82 Å². The predicted octanol–water partition coefficient (Wildman–Crippen LogP) is 2.15. The number of Topliss-reactive ketones (excluding diaryl/α,β-unsaturated/α-hetero) is 1. The number of piperidine rings is 1. The standard InChI is InChI=1S/C13H15BrFN3O2.C3H8N2/c14-10-7-9(1-2-11(10)15)17-13(18-20)12(19)8-3-5-16-6-4-8;1-2-3-5-4/h1-2,7-8,16,20H,3-6H2,(H,17,18);2-3,5H,4H2,1H3. The second-order valence-corrected chi connectivity index (χ2v) is 6.08. The monoisotopic (exact) mass is 415 g/mol. The molecule has 1 aromatic carbocycles. The summed E-state index contributed by atoms with van der Waals surface area (Å²) in [4.78, 5) is 16.3. The Morgan fingerprint density at radius 2 is 2.16 bits per heavy atom. The molecule has 0 aliphatic carbocycles. The number of rotatable bonds is 4. The Balaban J connectivity index is 0.000000550. The number of hydroxylamine groups is 1. The highest BCUT2D eigenvalue weighted by Gasteiger charge is 2.25. The van der Waals surface area contributed by atoms with Crippen molar-refractivity contribution in [1.82, 2.24) is 16.2 Å². The molecule has 1 aliphatic heterocycles. The fourth-order valence-electron chi connectivity index (χ4n) is 2.19. The van der Waals surface area contributed by atoms with Crippen molar-refractivity contribution >= 4 is 33.2 Å². The number of ketones is 1. The zero-order valence-electron chi connectivity index (χ0n) is 13.9. The number of nitrogens with two attached hydrogens (primary N) is 1. The van der Waals surface area contributed by atoms with Gasteiger partial charge in [-0.2, -0.15) is 0 Å². The smallest absolute Gasteiger partial charge is 0.203 e. The normalized spacial score (nSPS) is 15.5. The minimum atomic E-state index is -0.410. The second-order valence-electron chi connectivity index (χ2n) is 5.23. The maximum absolute atomic E-state index is 13.1. The summed E-state index contributed by atoms with van der Waals surface area (Å²) in [7, 11) is 0. The van der Waals surface area contributed by atoms with Crippen LogP contribution in [0.4, 0.5) is 10.1 Å². The Kier molecular flexibility index (Phi) is 9.93. The maximum atomic E-state index is 13.1. The molecule has 1 heterocycles. The highest BCUT2D eigenvalue weighted by atomic mass is 79.9. The first-order valence-corrected chi connectivity index (χ1v) is 8.58. The number of benzene rings is 1. The van der Waals surface area contributed by atoms with Crippen LogP contribution in [0.15, 0.2) is 39.9 Å². The summed E-state index contributed by atoms with van der Waals surface area (Å²) in [5.74, 6) is 3.90. The summed E-state index contributed by atoms with van der Waals surface area (Å²) in [6.07, 6.45) is 4.90. The Labute approximate surface area is 154 Å². The molecule has 0 atom stereocenters. The minimum absolute atomic E-state index is 0.115. The van der Waals surface area contributed by atoms with Crippen molar-refractivity contribution in [3.8, 4) is 0 Å². The molecule has 1 fully saturated rings. The third-order valence-electron chi connectivity index (χ3n) is 3.46. The number of allylic oxidation sites excluding steroid dienone is 1. The van der Waals surface area contributed by atoms with Crippen LogP contribution in [0.25, 0.3) is 0 Å². The van der Waals surface area contributed by atoms with Gasteiger partial charge in [0.2, 0.25) is 5.78 Å². The zero-order valence-corrected chi connectivity index (χ0v) is 15.5. The van der Waals surface area contributed by atoms with E-state index in [9.17, 15) is 9.18 Å². The average molecular weight is 416 g/mol. The van der Waals surface area contributed by atoms with Crippen molar-refractivity contribution in [2.45, 2.75) is 19.8 Å². The first kappa shape index (κ1) is 21.2. The van der Waals surface area contributed by atoms with E-state index in [1.807, 2.05) is 18.5 Å². The van der Waals surface area contributed by atoms with Gasteiger partial charge in [0.05, 0.1) is 10.2 Å². The molecule has 0 saturated carbocycles. The lowest BCUT2D eigenvalue weighted by Crippen LogP contribution is -2.39. The molecule has 0 unspecified atom stereocenters. The molecule has 7 nitrogen and oxygen atoms in total. The molecular weight excluding hydrogens is 393 g/mol. The number of carbonyl (C=O) groups is 1. The Morgan fingerprint density at radius 1 is 1.48 bits per heavy atom. The number of hydrazine groups is 1. The van der Waals surface area contributed by atoms with E-state index in [0.717, 1.165) is 13.1 Å². The summed E-state index contributed by atoms with van der Waals surface area (Å²) in [5.41, 5.74) is 4.58. The van der Waals surface area contributed by atoms with E-state index in [2.05, 4.69) is 31.7 Å². The topological polar surface area (TPSA) is 112 Å². The predicted molar refractivity (Wildman–Crippen MR) is 98.9 cm³/mol. The molecule has 1 aromatic rings. The summed E-state index contributed by atoms with van der Waals surface area (Å²) in [6.45, 7) is 3.44. The van der Waals surface area contributed by atoms with Crippen LogP contribution < -0.4 is 22.1 Å². The van der Waals surface area contributed by atoms with Crippen LogP contribution in [0.3, 0.4) is 0 Å². The van der Waals surface area contributed by atoms with Gasteiger partial charge < -0.3 is 10.7 Å². The summed E-state index contributed by atoms with van der Waals surface area (Å²) >= 11 is 3.05. The van der Waals surface area contributed by atoms with Crippen molar-refractivity contribution in [2.24, 2.45) is 16.8 Å². The molecule has 2 rings (SSSR count). The lowest BCUT2D eigenvalue weighted by molar-refractivity contribution is -0.117. The van der Waals surface area contributed by atoms with Gasteiger partial charge in [-0.3, -0.25) is 15.8 Å². The Bertz CT molecular complexity index is 619. The van der Waals surface area contributed by atoms with E-state index in [0.29, 0.717) is 18.5 Å². The van der Waals surface area contributed by atoms with Crippen LogP contribution in [0.1, 0.15) is 19.8 Å². The van der Waals surface area contributed by atoms with E-state index in [-0.39, 0.29) is 22.0 Å². The first-order valence-electron chi connectivity index (χ1n) is 7.79. The number of hydrogen-bond acceptors (Lipinski definition) is 6. The SMILES string of the molecule is CC=CNN.O=C(C(=Nc1ccc(F)c(Br)c1)NO)C1CCNCC1. The van der Waals surface area contributed by atoms with Crippen LogP contribution in [-0.2, 0) is 4.79 Å². The molecule has 0 spiro atoms. The summed E-state index contributed by atoms with van der Waals surface area (Å²) < 4.78 is 13.4. The zero-order chi connectivity index (χ0) is 18.7. The van der Waals surface area contributed by atoms with Gasteiger partial charge in [-0.1, -0.05) is 6.08 Å². The molecule has 25 heavy (non-hydrogen) atoms. The van der Waals surface area contributed by atoms with Gasteiger partial charge in [0.15, 0.2) is 5.84 Å². The van der Waals surface area contributed by atoms with E-state index in [1.165, 1.54) is 18.2 Å². The molecule has 6 N–H and O–H groups in total. The molecule has 1 saturated heterocycles. The molecule has 0 aromatic heterocycles. The average Bonchev–Trinajstić information content (AvgIpc) is 2.64. The summed E-state index contributed by atoms with van der Waals surface area (Å²) in [5, 5.41) is 12.3. The quantitative estimate of drug-likeness (QED) is 0.223. The molecular formula is C16H23BrFN5O2. The number of amidine groups is 1. The van der Waals surface area contributed by atoms with E-state index >= 15 is 0 Å². The highest BCUT2D eigenvalue weighted by molar-refractivity contribution is 9.10. The molecule has 0 bridgehead atoms. The minimum Gasteiger partial charge on any atom is -0.332 e. The first-order chi connectivity index (χ1) is 12.0. The molecule has 138 valence electrons. The van der Waals surface area contributed by atoms with Crippen molar-refractivity contribution in [3.05, 3.63) is 40.8 Å². The lowest BCUT2D eigenvalue weighted by atomic mass is 9.93. The Morgan fingerprint density at radius 3 is 2.64 bits per heavy atom. The highest BCUT2D eigenvalue weighted by Crippen LogP contribution is 2.23. The van der Waals surface area contributed by atoms with Crippen molar-refractivity contribution < 1.29 is 14.4 Å². The number of carbonyl (C=O) groups excluding carboxylic acids is 1. The van der Waals surface area contributed by atoms with Gasteiger partial charge >= 0.3 is 0 Å².